The number of aliphatic hydroxyl groups is 2. The second-order valence-electron chi connectivity index (χ2n) is 25.5. The number of aliphatic hydroxyl groups excluding tert-OH is 2. The first kappa shape index (κ1) is 72.8. The van der Waals surface area contributed by atoms with Gasteiger partial charge < -0.3 is 29.8 Å². The van der Waals surface area contributed by atoms with Gasteiger partial charge in [-0.05, 0) is 95.4 Å². The number of halogens is 6. The van der Waals surface area contributed by atoms with Gasteiger partial charge in [0.2, 0.25) is 46.0 Å². The molecule has 0 spiro atoms. The highest BCUT2D eigenvalue weighted by molar-refractivity contribution is 7.99. The van der Waals surface area contributed by atoms with E-state index in [4.69, 9.17) is 10.2 Å². The maximum absolute atomic E-state index is 14.7. The third kappa shape index (κ3) is 18.3. The summed E-state index contributed by atoms with van der Waals surface area (Å²) in [6, 6.07) is 6.55. The minimum atomic E-state index is -4.84. The van der Waals surface area contributed by atoms with E-state index in [-0.39, 0.29) is 123 Å². The van der Waals surface area contributed by atoms with Crippen LogP contribution in [0.25, 0.3) is 22.5 Å². The number of benzene rings is 2. The van der Waals surface area contributed by atoms with Crippen LogP contribution in [0.4, 0.5) is 26.3 Å². The number of nitrogens with one attached hydrogen (secondary N) is 1. The SMILES string of the molecule is CS(=O)(=O)N1CCc2c(c(-c3ccc(C(F)(F)F)c(SCCNS(=O)(=O)CN(C4CCN(CC(O)Cn5nc(-c6ccc(C(F)(F)F)c(SCCN7CCCCC7)c6)c6c5CCN(S(C)(=O)=O)C6)CC4)S(C)(=O)=O)c3)nn2CC(O)CN2CCC(N3CCCC3=O)CC2)C1. The molecule has 4 fully saturated rings. The average molecular weight is 1440 g/mol. The molecule has 2 aromatic heterocycles. The standard InChI is InChI=1S/C59H84F6N12O11S6/c1-91(81,82)72-27-17-51-47(38-72)56(67-75(51)36-45(78)34-70-23-13-43(14-24-70)74-22-7-8-55(74)80)41-9-11-49(58(60,61)62)53(32-41)89-30-19-66-94(87,88)40-77(93(3,85)86)44-15-25-71(26-16-44)35-46(79)37-76-52-18-28-73(92(2,83)84)39-48(52)57(68-76)42-10-12-50(59(63,64)65)54(33-42)90-31-29-69-20-5-4-6-21-69/h9-12,32-33,43-46,66,78-79H,4-8,13-31,34-40H2,1-3H3. The first-order valence-electron chi connectivity index (χ1n) is 31.7. The van der Waals surface area contributed by atoms with Crippen molar-refractivity contribution in [2.75, 3.05) is 121 Å². The Morgan fingerprint density at radius 2 is 1.07 bits per heavy atom. The Bertz CT molecular complexity index is 3820. The molecular weight excluding hydrogens is 1360 g/mol. The maximum Gasteiger partial charge on any atom is 0.417 e. The van der Waals surface area contributed by atoms with Gasteiger partial charge in [-0.2, -0.15) is 49.5 Å². The molecule has 524 valence electrons. The summed E-state index contributed by atoms with van der Waals surface area (Å²) >= 11 is 1.81. The van der Waals surface area contributed by atoms with E-state index in [1.54, 1.807) is 9.36 Å². The van der Waals surface area contributed by atoms with Gasteiger partial charge in [0.05, 0.1) is 66.6 Å². The van der Waals surface area contributed by atoms with Crippen molar-refractivity contribution in [1.29, 1.82) is 0 Å². The number of sulfonamides is 4. The van der Waals surface area contributed by atoms with Crippen LogP contribution in [0, 0.1) is 0 Å². The number of thioether (sulfide) groups is 2. The van der Waals surface area contributed by atoms with Crippen LogP contribution in [0.5, 0.6) is 0 Å². The molecule has 8 heterocycles. The fourth-order valence-electron chi connectivity index (χ4n) is 13.8. The second-order valence-corrected chi connectivity index (χ2v) is 35.4. The number of piperidine rings is 3. The van der Waals surface area contributed by atoms with Crippen LogP contribution in [0.15, 0.2) is 46.2 Å². The third-order valence-corrected chi connectivity index (χ3v) is 25.8. The number of hydrogen-bond acceptors (Lipinski definition) is 18. The largest absolute Gasteiger partial charge is 0.417 e. The van der Waals surface area contributed by atoms with Crippen LogP contribution < -0.4 is 4.72 Å². The van der Waals surface area contributed by atoms with Crippen LogP contribution in [0.3, 0.4) is 0 Å². The Labute approximate surface area is 555 Å². The minimum Gasteiger partial charge on any atom is -0.390 e. The van der Waals surface area contributed by atoms with Crippen LogP contribution in [0.2, 0.25) is 0 Å². The van der Waals surface area contributed by atoms with Crippen LogP contribution >= 0.6 is 23.5 Å². The molecule has 0 aliphatic carbocycles. The lowest BCUT2D eigenvalue weighted by atomic mass is 10.0. The van der Waals surface area contributed by atoms with E-state index >= 15 is 0 Å². The number of rotatable bonds is 26. The molecule has 35 heteroatoms. The van der Waals surface area contributed by atoms with Gasteiger partial charge in [-0.1, -0.05) is 18.6 Å². The molecule has 6 aliphatic heterocycles. The highest BCUT2D eigenvalue weighted by Gasteiger charge is 2.40. The molecule has 2 aromatic carbocycles. The summed E-state index contributed by atoms with van der Waals surface area (Å²) in [5.74, 6) is -0.627. The lowest BCUT2D eigenvalue weighted by molar-refractivity contribution is -0.140. The predicted octanol–water partition coefficient (Wildman–Crippen LogP) is 4.87. The van der Waals surface area contributed by atoms with E-state index in [1.165, 1.54) is 32.9 Å². The lowest BCUT2D eigenvalue weighted by Gasteiger charge is -2.37. The Hall–Kier alpha value is -3.95. The number of fused-ring (bicyclic) bond motifs is 2. The molecule has 23 nitrogen and oxygen atoms in total. The van der Waals surface area contributed by atoms with E-state index < -0.39 is 94.2 Å². The molecule has 4 saturated heterocycles. The lowest BCUT2D eigenvalue weighted by Crippen LogP contribution is -2.51. The zero-order valence-corrected chi connectivity index (χ0v) is 57.8. The second kappa shape index (κ2) is 29.9. The van der Waals surface area contributed by atoms with Gasteiger partial charge in [-0.25, -0.2) is 38.4 Å². The van der Waals surface area contributed by atoms with Gasteiger partial charge in [-0.15, -0.1) is 23.5 Å². The quantitative estimate of drug-likeness (QED) is 0.0430. The normalized spacial score (nSPS) is 20.3. The Kier molecular flexibility index (Phi) is 23.1. The van der Waals surface area contributed by atoms with Crippen molar-refractivity contribution >= 4 is 69.5 Å². The van der Waals surface area contributed by atoms with Gasteiger partial charge in [0, 0.05) is 158 Å². The van der Waals surface area contributed by atoms with E-state index in [0.29, 0.717) is 83.9 Å². The predicted molar refractivity (Wildman–Crippen MR) is 345 cm³/mol. The monoisotopic (exact) mass is 1440 g/mol. The molecule has 10 rings (SSSR count). The van der Waals surface area contributed by atoms with Gasteiger partial charge in [0.1, 0.15) is 5.88 Å². The maximum atomic E-state index is 14.7. The smallest absolute Gasteiger partial charge is 0.390 e. The van der Waals surface area contributed by atoms with Crippen molar-refractivity contribution < 1.29 is 75.0 Å². The first-order chi connectivity index (χ1) is 44.2. The summed E-state index contributed by atoms with van der Waals surface area (Å²) in [6.45, 7) is 4.89. The summed E-state index contributed by atoms with van der Waals surface area (Å²) in [6.07, 6.45) is -1.58. The molecular formula is C59H84F6N12O11S6. The van der Waals surface area contributed by atoms with Gasteiger partial charge in [0.15, 0.2) is 0 Å². The number of likely N-dealkylation sites (tertiary alicyclic amines) is 4. The number of β-amino-alcohol motifs (C(OH)–C–C–N with tert-alkyl or cyclic N) is 2. The zero-order valence-electron chi connectivity index (χ0n) is 52.9. The van der Waals surface area contributed by atoms with E-state index in [0.717, 1.165) is 105 Å². The molecule has 2 atom stereocenters. The van der Waals surface area contributed by atoms with Gasteiger partial charge in [-0.3, -0.25) is 14.2 Å². The fraction of sp³-hybridized carbons (Fsp3) is 0.678. The highest BCUT2D eigenvalue weighted by Crippen LogP contribution is 2.43. The summed E-state index contributed by atoms with van der Waals surface area (Å²) in [7, 11) is -16.0. The van der Waals surface area contributed by atoms with Crippen LogP contribution in [0.1, 0.15) is 91.4 Å². The van der Waals surface area contributed by atoms with Crippen LogP contribution in [-0.2, 0) is 96.3 Å². The number of amides is 1. The number of carbonyl (C=O) groups excluding carboxylic acids is 1. The molecule has 0 bridgehead atoms. The van der Waals surface area contributed by atoms with Gasteiger partial charge in [0.25, 0.3) is 0 Å². The van der Waals surface area contributed by atoms with Crippen molar-refractivity contribution in [3.8, 4) is 22.5 Å². The highest BCUT2D eigenvalue weighted by atomic mass is 32.2. The third-order valence-electron chi connectivity index (χ3n) is 18.6. The van der Waals surface area contributed by atoms with Crippen molar-refractivity contribution in [3.05, 3.63) is 70.0 Å². The molecule has 6 aliphatic rings. The topological polar surface area (TPSA) is 264 Å². The fourth-order valence-corrected chi connectivity index (χ4v) is 20.6. The number of carbonyl (C=O) groups is 1. The van der Waals surface area contributed by atoms with Crippen molar-refractivity contribution in [1.82, 2.24) is 56.8 Å². The molecule has 0 saturated carbocycles. The van der Waals surface area contributed by atoms with E-state index in [1.807, 2.05) is 9.80 Å². The van der Waals surface area contributed by atoms with E-state index in [9.17, 15) is 75.0 Å². The molecule has 4 aromatic rings. The number of alkyl halides is 6. The first-order valence-corrected chi connectivity index (χ1v) is 40.9. The van der Waals surface area contributed by atoms with Crippen molar-refractivity contribution in [2.24, 2.45) is 0 Å². The van der Waals surface area contributed by atoms with Crippen molar-refractivity contribution in [2.45, 2.75) is 143 Å². The average Bonchev–Trinajstić information content (AvgIpc) is 1.59. The number of nitrogens with zero attached hydrogens (tertiary/aromatic N) is 11. The summed E-state index contributed by atoms with van der Waals surface area (Å²) in [5, 5.41) is 32.6. The zero-order chi connectivity index (χ0) is 67.7. The molecule has 2 unspecified atom stereocenters. The number of aromatic nitrogens is 4. The summed E-state index contributed by atoms with van der Waals surface area (Å²) < 4.78 is 201. The van der Waals surface area contributed by atoms with Crippen LogP contribution in [-0.4, -0.2) is 247 Å². The summed E-state index contributed by atoms with van der Waals surface area (Å²) in [4.78, 5) is 20.3. The Balaban J connectivity index is 0.760. The molecule has 94 heavy (non-hydrogen) atoms. The molecule has 0 radical (unpaired) electrons. The minimum absolute atomic E-state index is 0.0192. The van der Waals surface area contributed by atoms with Gasteiger partial charge >= 0.3 is 12.4 Å². The van der Waals surface area contributed by atoms with Crippen molar-refractivity contribution in [3.63, 3.8) is 0 Å². The number of hydrogen-bond donors (Lipinski definition) is 3. The van der Waals surface area contributed by atoms with E-state index in [2.05, 4.69) is 14.5 Å². The Morgan fingerprint density at radius 3 is 1.52 bits per heavy atom. The summed E-state index contributed by atoms with van der Waals surface area (Å²) in [5.41, 5.74) is 1.55. The molecule has 1 amide bonds. The Morgan fingerprint density at radius 1 is 0.596 bits per heavy atom. The molecule has 3 N–H and O–H groups in total.